The van der Waals surface area contributed by atoms with Gasteiger partial charge >= 0.3 is 6.03 Å². The van der Waals surface area contributed by atoms with E-state index >= 15 is 0 Å². The molecule has 5 nitrogen and oxygen atoms in total. The van der Waals surface area contributed by atoms with Crippen molar-refractivity contribution in [3.8, 4) is 5.75 Å². The SMILES string of the molecule is CCc1ccccc1COc1c(C)cccc1NC(=O)NN. The first kappa shape index (κ1) is 15.9. The van der Waals surface area contributed by atoms with Crippen LogP contribution in [0.4, 0.5) is 10.5 Å². The Morgan fingerprint density at radius 3 is 2.55 bits per heavy atom. The molecule has 116 valence electrons. The minimum absolute atomic E-state index is 0.452. The minimum Gasteiger partial charge on any atom is -0.486 e. The molecule has 5 heteroatoms. The van der Waals surface area contributed by atoms with Gasteiger partial charge in [0, 0.05) is 0 Å². The molecule has 22 heavy (non-hydrogen) atoms. The summed E-state index contributed by atoms with van der Waals surface area (Å²) in [4.78, 5) is 11.4. The highest BCUT2D eigenvalue weighted by molar-refractivity contribution is 5.90. The molecular weight excluding hydrogens is 278 g/mol. The lowest BCUT2D eigenvalue weighted by Crippen LogP contribution is -2.34. The van der Waals surface area contributed by atoms with Gasteiger partial charge in [0.15, 0.2) is 0 Å². The largest absolute Gasteiger partial charge is 0.486 e. The lowest BCUT2D eigenvalue weighted by atomic mass is 10.1. The van der Waals surface area contributed by atoms with Crippen LogP contribution in [0.1, 0.15) is 23.6 Å². The van der Waals surface area contributed by atoms with Crippen molar-refractivity contribution in [1.82, 2.24) is 5.43 Å². The maximum absolute atomic E-state index is 11.4. The molecule has 2 aromatic carbocycles. The number of hydrogen-bond acceptors (Lipinski definition) is 3. The molecule has 0 aliphatic rings. The number of hydrogen-bond donors (Lipinski definition) is 3. The van der Waals surface area contributed by atoms with Crippen molar-refractivity contribution in [2.45, 2.75) is 26.9 Å². The van der Waals surface area contributed by atoms with E-state index in [4.69, 9.17) is 10.6 Å². The quantitative estimate of drug-likeness (QED) is 0.451. The third kappa shape index (κ3) is 3.77. The molecule has 0 aliphatic carbocycles. The molecule has 0 heterocycles. The second-order valence-corrected chi connectivity index (χ2v) is 4.96. The number of nitrogens with one attached hydrogen (secondary N) is 2. The highest BCUT2D eigenvalue weighted by atomic mass is 16.5. The van der Waals surface area contributed by atoms with E-state index in [1.54, 1.807) is 6.07 Å². The van der Waals surface area contributed by atoms with Crippen molar-refractivity contribution >= 4 is 11.7 Å². The van der Waals surface area contributed by atoms with Crippen LogP contribution in [0, 0.1) is 6.92 Å². The fourth-order valence-corrected chi connectivity index (χ4v) is 2.29. The molecule has 0 saturated heterocycles. The summed E-state index contributed by atoms with van der Waals surface area (Å²) in [6.07, 6.45) is 0.952. The lowest BCUT2D eigenvalue weighted by Gasteiger charge is -2.16. The Kier molecular flexibility index (Phi) is 5.38. The third-order valence-electron chi connectivity index (χ3n) is 3.46. The van der Waals surface area contributed by atoms with E-state index in [1.165, 1.54) is 5.56 Å². The zero-order valence-electron chi connectivity index (χ0n) is 12.8. The molecule has 0 saturated carbocycles. The zero-order valence-corrected chi connectivity index (χ0v) is 12.8. The van der Waals surface area contributed by atoms with Gasteiger partial charge in [-0.15, -0.1) is 0 Å². The van der Waals surface area contributed by atoms with Gasteiger partial charge in [-0.25, -0.2) is 10.6 Å². The van der Waals surface area contributed by atoms with Gasteiger partial charge in [-0.05, 0) is 36.1 Å². The number of urea groups is 1. The smallest absolute Gasteiger partial charge is 0.333 e. The van der Waals surface area contributed by atoms with Gasteiger partial charge < -0.3 is 10.1 Å². The number of benzene rings is 2. The fourth-order valence-electron chi connectivity index (χ4n) is 2.29. The minimum atomic E-state index is -0.482. The van der Waals surface area contributed by atoms with Crippen LogP contribution in [0.5, 0.6) is 5.75 Å². The number of aryl methyl sites for hydroxylation is 2. The third-order valence-corrected chi connectivity index (χ3v) is 3.46. The van der Waals surface area contributed by atoms with Crippen LogP contribution in [0.25, 0.3) is 0 Å². The zero-order chi connectivity index (χ0) is 15.9. The molecule has 0 bridgehead atoms. The lowest BCUT2D eigenvalue weighted by molar-refractivity contribution is 0.252. The fraction of sp³-hybridized carbons (Fsp3) is 0.235. The van der Waals surface area contributed by atoms with Crippen molar-refractivity contribution in [2.24, 2.45) is 5.84 Å². The Bertz CT molecular complexity index is 656. The second kappa shape index (κ2) is 7.47. The number of nitrogens with two attached hydrogens (primary N) is 1. The summed E-state index contributed by atoms with van der Waals surface area (Å²) in [6, 6.07) is 13.3. The van der Waals surface area contributed by atoms with E-state index in [0.717, 1.165) is 17.5 Å². The highest BCUT2D eigenvalue weighted by Crippen LogP contribution is 2.29. The molecule has 0 radical (unpaired) electrons. The number of carbonyl (C=O) groups excluding carboxylic acids is 1. The molecule has 2 amide bonds. The first-order valence-corrected chi connectivity index (χ1v) is 7.22. The summed E-state index contributed by atoms with van der Waals surface area (Å²) in [5, 5.41) is 2.67. The number of para-hydroxylation sites is 1. The van der Waals surface area contributed by atoms with E-state index in [-0.39, 0.29) is 0 Å². The maximum atomic E-state index is 11.4. The van der Waals surface area contributed by atoms with E-state index in [0.29, 0.717) is 18.0 Å². The molecule has 0 aromatic heterocycles. The van der Waals surface area contributed by atoms with Gasteiger partial charge in [0.2, 0.25) is 0 Å². The van der Waals surface area contributed by atoms with Gasteiger partial charge in [0.05, 0.1) is 5.69 Å². The summed E-state index contributed by atoms with van der Waals surface area (Å²) >= 11 is 0. The Labute approximate surface area is 130 Å². The molecule has 0 aliphatic heterocycles. The van der Waals surface area contributed by atoms with Gasteiger partial charge in [0.25, 0.3) is 0 Å². The van der Waals surface area contributed by atoms with E-state index in [2.05, 4.69) is 24.4 Å². The first-order valence-electron chi connectivity index (χ1n) is 7.22. The Balaban J connectivity index is 2.20. The number of hydrazine groups is 1. The topological polar surface area (TPSA) is 76.4 Å². The van der Waals surface area contributed by atoms with E-state index in [1.807, 2.05) is 36.6 Å². The molecule has 0 fully saturated rings. The number of carbonyl (C=O) groups is 1. The summed E-state index contributed by atoms with van der Waals surface area (Å²) in [5.74, 6) is 5.76. The van der Waals surface area contributed by atoms with Gasteiger partial charge in [0.1, 0.15) is 12.4 Å². The molecule has 0 atom stereocenters. The molecule has 2 aromatic rings. The van der Waals surface area contributed by atoms with Crippen molar-refractivity contribution < 1.29 is 9.53 Å². The second-order valence-electron chi connectivity index (χ2n) is 4.96. The first-order chi connectivity index (χ1) is 10.7. The summed E-state index contributed by atoms with van der Waals surface area (Å²) in [6.45, 7) is 4.51. The van der Waals surface area contributed by atoms with Crippen LogP contribution in [0.15, 0.2) is 42.5 Å². The van der Waals surface area contributed by atoms with Crippen molar-refractivity contribution in [1.29, 1.82) is 0 Å². The average Bonchev–Trinajstić information content (AvgIpc) is 2.54. The normalized spacial score (nSPS) is 10.1. The monoisotopic (exact) mass is 299 g/mol. The van der Waals surface area contributed by atoms with Gasteiger partial charge in [-0.1, -0.05) is 43.3 Å². The van der Waals surface area contributed by atoms with Gasteiger partial charge in [-0.2, -0.15) is 0 Å². The Morgan fingerprint density at radius 2 is 1.86 bits per heavy atom. The van der Waals surface area contributed by atoms with Crippen LogP contribution in [-0.2, 0) is 13.0 Å². The molecule has 0 spiro atoms. The van der Waals surface area contributed by atoms with Crippen molar-refractivity contribution in [3.63, 3.8) is 0 Å². The van der Waals surface area contributed by atoms with E-state index in [9.17, 15) is 4.79 Å². The Morgan fingerprint density at radius 1 is 1.14 bits per heavy atom. The van der Waals surface area contributed by atoms with Crippen molar-refractivity contribution in [3.05, 3.63) is 59.2 Å². The van der Waals surface area contributed by atoms with Crippen LogP contribution in [0.2, 0.25) is 0 Å². The summed E-state index contributed by atoms with van der Waals surface area (Å²) in [5.41, 5.74) is 5.99. The average molecular weight is 299 g/mol. The molecule has 4 N–H and O–H groups in total. The van der Waals surface area contributed by atoms with Crippen molar-refractivity contribution in [2.75, 3.05) is 5.32 Å². The molecule has 0 unspecified atom stereocenters. The van der Waals surface area contributed by atoms with Crippen LogP contribution >= 0.6 is 0 Å². The standard InChI is InChI=1S/C17H21N3O2/c1-3-13-8-4-5-9-14(13)11-22-16-12(2)7-6-10-15(16)19-17(21)20-18/h4-10H,3,11,18H2,1-2H3,(H2,19,20,21). The summed E-state index contributed by atoms with van der Waals surface area (Å²) in [7, 11) is 0. The molecular formula is C17H21N3O2. The Hall–Kier alpha value is -2.53. The van der Waals surface area contributed by atoms with Crippen LogP contribution in [0.3, 0.4) is 0 Å². The maximum Gasteiger partial charge on any atom is 0.333 e. The number of anilines is 1. The van der Waals surface area contributed by atoms with Gasteiger partial charge in [-0.3, -0.25) is 5.43 Å². The predicted octanol–water partition coefficient (Wildman–Crippen LogP) is 3.13. The molecule has 2 rings (SSSR count). The van der Waals surface area contributed by atoms with Crippen LogP contribution < -0.4 is 21.3 Å². The number of ether oxygens (including phenoxy) is 1. The predicted molar refractivity (Wildman–Crippen MR) is 87.7 cm³/mol. The number of amides is 2. The highest BCUT2D eigenvalue weighted by Gasteiger charge is 2.10. The van der Waals surface area contributed by atoms with E-state index < -0.39 is 6.03 Å². The number of rotatable bonds is 5. The van der Waals surface area contributed by atoms with Crippen LogP contribution in [-0.4, -0.2) is 6.03 Å². The summed E-state index contributed by atoms with van der Waals surface area (Å²) < 4.78 is 5.96.